The standard InChI is InChI=1S/C37H36O7/c1-24-13-15-25(16-14-24)17-18-29(38)33-30(39)20-31-34(36(33)40-2)37-35(44-31)32(42-22-27-11-7-4-8-12-27)19-28(43-37)23-41-21-26-9-5-3-6-10-26/h3-18,20,28,32,35,37,39H,19,21-23H2,1-2H3/b18-17+/t28-,32-,35-,37?/m0/s1. The summed E-state index contributed by atoms with van der Waals surface area (Å²) in [7, 11) is 1.48. The van der Waals surface area contributed by atoms with Crippen molar-refractivity contribution in [3.05, 3.63) is 130 Å². The monoisotopic (exact) mass is 592 g/mol. The van der Waals surface area contributed by atoms with E-state index in [1.54, 1.807) is 6.08 Å². The number of carbonyl (C=O) groups is 1. The number of phenols is 1. The summed E-state index contributed by atoms with van der Waals surface area (Å²) in [4.78, 5) is 13.5. The molecule has 1 N–H and O–H groups in total. The van der Waals surface area contributed by atoms with E-state index < -0.39 is 12.2 Å². The van der Waals surface area contributed by atoms with Crippen LogP contribution >= 0.6 is 0 Å². The molecule has 1 unspecified atom stereocenters. The van der Waals surface area contributed by atoms with Crippen LogP contribution in [0.5, 0.6) is 17.2 Å². The SMILES string of the molecule is COc1c(C(=O)/C=C/c2ccc(C)cc2)c(O)cc2c1C1O[C@H](COCc3ccccc3)C[C@H](OCc3ccccc3)[C@@H]1O2. The van der Waals surface area contributed by atoms with Gasteiger partial charge in [0.1, 0.15) is 35.0 Å². The molecule has 0 radical (unpaired) electrons. The molecular weight excluding hydrogens is 556 g/mol. The summed E-state index contributed by atoms with van der Waals surface area (Å²) >= 11 is 0. The van der Waals surface area contributed by atoms with Gasteiger partial charge in [-0.05, 0) is 29.7 Å². The van der Waals surface area contributed by atoms with Crippen molar-refractivity contribution in [2.75, 3.05) is 13.7 Å². The number of hydrogen-bond donors (Lipinski definition) is 1. The number of aryl methyl sites for hydroxylation is 1. The van der Waals surface area contributed by atoms with E-state index in [1.165, 1.54) is 19.3 Å². The van der Waals surface area contributed by atoms with Gasteiger partial charge in [-0.25, -0.2) is 0 Å². The minimum atomic E-state index is -0.590. The van der Waals surface area contributed by atoms with E-state index in [0.29, 0.717) is 37.6 Å². The summed E-state index contributed by atoms with van der Waals surface area (Å²) in [5.74, 6) is 0.0372. The number of benzene rings is 4. The zero-order valence-corrected chi connectivity index (χ0v) is 24.8. The molecule has 2 aliphatic rings. The van der Waals surface area contributed by atoms with Crippen molar-refractivity contribution in [2.24, 2.45) is 0 Å². The summed E-state index contributed by atoms with van der Waals surface area (Å²) in [6.45, 7) is 3.22. The summed E-state index contributed by atoms with van der Waals surface area (Å²) in [6.07, 6.45) is 1.99. The van der Waals surface area contributed by atoms with E-state index >= 15 is 0 Å². The van der Waals surface area contributed by atoms with E-state index in [-0.39, 0.29) is 35.1 Å². The van der Waals surface area contributed by atoms with Crippen molar-refractivity contribution >= 4 is 11.9 Å². The first-order chi connectivity index (χ1) is 21.5. The first-order valence-electron chi connectivity index (χ1n) is 14.8. The van der Waals surface area contributed by atoms with Gasteiger partial charge >= 0.3 is 0 Å². The van der Waals surface area contributed by atoms with Gasteiger partial charge in [-0.2, -0.15) is 0 Å². The molecule has 0 amide bonds. The smallest absolute Gasteiger partial charge is 0.193 e. The van der Waals surface area contributed by atoms with Crippen molar-refractivity contribution < 1.29 is 33.6 Å². The number of ether oxygens (including phenoxy) is 5. The van der Waals surface area contributed by atoms with Gasteiger partial charge in [-0.1, -0.05) is 96.6 Å². The van der Waals surface area contributed by atoms with Crippen LogP contribution in [0.1, 0.15) is 50.7 Å². The Labute approximate surface area is 257 Å². The Kier molecular flexibility index (Phi) is 9.07. The van der Waals surface area contributed by atoms with Crippen LogP contribution in [0.4, 0.5) is 0 Å². The maximum atomic E-state index is 13.5. The average Bonchev–Trinajstić information content (AvgIpc) is 3.41. The molecule has 1 saturated heterocycles. The van der Waals surface area contributed by atoms with Gasteiger partial charge in [0, 0.05) is 12.5 Å². The number of ketones is 1. The molecule has 0 saturated carbocycles. The second-order valence-corrected chi connectivity index (χ2v) is 11.2. The quantitative estimate of drug-likeness (QED) is 0.148. The number of fused-ring (bicyclic) bond motifs is 3. The van der Waals surface area contributed by atoms with Gasteiger partial charge in [-0.3, -0.25) is 4.79 Å². The second-order valence-electron chi connectivity index (χ2n) is 11.2. The summed E-state index contributed by atoms with van der Waals surface area (Å²) in [5, 5.41) is 11.0. The molecule has 0 spiro atoms. The van der Waals surface area contributed by atoms with E-state index in [4.69, 9.17) is 23.7 Å². The predicted molar refractivity (Wildman–Crippen MR) is 167 cm³/mol. The Morgan fingerprint density at radius 1 is 0.955 bits per heavy atom. The van der Waals surface area contributed by atoms with Crippen molar-refractivity contribution in [3.8, 4) is 17.2 Å². The number of hydrogen-bond acceptors (Lipinski definition) is 7. The highest BCUT2D eigenvalue weighted by Crippen LogP contribution is 2.52. The lowest BCUT2D eigenvalue weighted by molar-refractivity contribution is -0.182. The van der Waals surface area contributed by atoms with Gasteiger partial charge < -0.3 is 28.8 Å². The lowest BCUT2D eigenvalue weighted by atomic mass is 9.92. The van der Waals surface area contributed by atoms with E-state index in [1.807, 2.05) is 91.9 Å². The molecule has 4 aromatic carbocycles. The number of phenolic OH excluding ortho intramolecular Hbond substituents is 1. The molecule has 2 aliphatic heterocycles. The van der Waals surface area contributed by atoms with Crippen LogP contribution in [0, 0.1) is 6.92 Å². The maximum absolute atomic E-state index is 13.5. The molecule has 7 nitrogen and oxygen atoms in total. The van der Waals surface area contributed by atoms with Crippen molar-refractivity contribution in [3.63, 3.8) is 0 Å². The molecule has 4 aromatic rings. The van der Waals surface area contributed by atoms with Crippen molar-refractivity contribution in [1.29, 1.82) is 0 Å². The fourth-order valence-electron chi connectivity index (χ4n) is 5.76. The van der Waals surface area contributed by atoms with Crippen LogP contribution < -0.4 is 9.47 Å². The van der Waals surface area contributed by atoms with Gasteiger partial charge in [0.15, 0.2) is 11.9 Å². The largest absolute Gasteiger partial charge is 0.507 e. The van der Waals surface area contributed by atoms with E-state index in [0.717, 1.165) is 22.3 Å². The first-order valence-corrected chi connectivity index (χ1v) is 14.8. The van der Waals surface area contributed by atoms with Crippen LogP contribution in [0.15, 0.2) is 97.1 Å². The lowest BCUT2D eigenvalue weighted by Crippen LogP contribution is -2.46. The molecule has 0 aliphatic carbocycles. The molecule has 1 fully saturated rings. The molecule has 226 valence electrons. The topological polar surface area (TPSA) is 83.5 Å². The Bertz CT molecular complexity index is 1600. The van der Waals surface area contributed by atoms with Gasteiger partial charge in [0.2, 0.25) is 0 Å². The number of carbonyl (C=O) groups excluding carboxylic acids is 1. The molecule has 2 heterocycles. The summed E-state index contributed by atoms with van der Waals surface area (Å²) < 4.78 is 31.3. The third kappa shape index (κ3) is 6.55. The fourth-order valence-corrected chi connectivity index (χ4v) is 5.76. The van der Waals surface area contributed by atoms with Crippen LogP contribution in [-0.4, -0.2) is 42.9 Å². The van der Waals surface area contributed by atoms with Crippen LogP contribution in [0.3, 0.4) is 0 Å². The number of aromatic hydroxyl groups is 1. The van der Waals surface area contributed by atoms with E-state index in [2.05, 4.69) is 0 Å². The Hall–Kier alpha value is -4.43. The van der Waals surface area contributed by atoms with Gasteiger partial charge in [0.05, 0.1) is 38.6 Å². The summed E-state index contributed by atoms with van der Waals surface area (Å²) in [6, 6.07) is 29.2. The van der Waals surface area contributed by atoms with Crippen LogP contribution in [-0.2, 0) is 27.4 Å². The minimum Gasteiger partial charge on any atom is -0.507 e. The molecule has 4 atom stereocenters. The van der Waals surface area contributed by atoms with Crippen molar-refractivity contribution in [1.82, 2.24) is 0 Å². The van der Waals surface area contributed by atoms with Crippen molar-refractivity contribution in [2.45, 2.75) is 51.0 Å². The molecule has 0 bridgehead atoms. The Morgan fingerprint density at radius 3 is 2.32 bits per heavy atom. The Balaban J connectivity index is 1.27. The van der Waals surface area contributed by atoms with Gasteiger partial charge in [0.25, 0.3) is 0 Å². The molecule has 7 heteroatoms. The highest BCUT2D eigenvalue weighted by atomic mass is 16.6. The highest BCUT2D eigenvalue weighted by molar-refractivity contribution is 6.11. The van der Waals surface area contributed by atoms with E-state index in [9.17, 15) is 9.90 Å². The predicted octanol–water partition coefficient (Wildman–Crippen LogP) is 7.00. The fraction of sp³-hybridized carbons (Fsp3) is 0.270. The molecule has 6 rings (SSSR count). The maximum Gasteiger partial charge on any atom is 0.193 e. The molecular formula is C37H36O7. The normalized spacial score (nSPS) is 20.6. The zero-order chi connectivity index (χ0) is 30.5. The third-order valence-corrected chi connectivity index (χ3v) is 7.98. The van der Waals surface area contributed by atoms with Gasteiger partial charge in [-0.15, -0.1) is 0 Å². The number of allylic oxidation sites excluding steroid dienone is 1. The third-order valence-electron chi connectivity index (χ3n) is 7.98. The summed E-state index contributed by atoms with van der Waals surface area (Å²) in [5.41, 5.74) is 4.77. The first kappa shape index (κ1) is 29.6. The zero-order valence-electron chi connectivity index (χ0n) is 24.8. The lowest BCUT2D eigenvalue weighted by Gasteiger charge is -2.37. The van der Waals surface area contributed by atoms with Crippen LogP contribution in [0.25, 0.3) is 6.08 Å². The minimum absolute atomic E-state index is 0.0617. The molecule has 0 aromatic heterocycles. The Morgan fingerprint density at radius 2 is 1.64 bits per heavy atom. The highest BCUT2D eigenvalue weighted by Gasteiger charge is 2.49. The van der Waals surface area contributed by atoms with Crippen LogP contribution in [0.2, 0.25) is 0 Å². The number of rotatable bonds is 11. The number of methoxy groups -OCH3 is 1. The second kappa shape index (κ2) is 13.5. The average molecular weight is 593 g/mol. The molecule has 44 heavy (non-hydrogen) atoms.